The van der Waals surface area contributed by atoms with Crippen LogP contribution in [0.4, 0.5) is 5.69 Å². The fraction of sp³-hybridized carbons (Fsp3) is 0.200. The second-order valence-electron chi connectivity index (χ2n) is 6.49. The van der Waals surface area contributed by atoms with Crippen molar-refractivity contribution in [3.05, 3.63) is 68.5 Å². The fourth-order valence-corrected chi connectivity index (χ4v) is 3.36. The van der Waals surface area contributed by atoms with Crippen molar-refractivity contribution < 1.29 is 9.59 Å². The Morgan fingerprint density at radius 3 is 2.54 bits per heavy atom. The number of nitrogens with zero attached hydrogens (tertiary/aromatic N) is 3. The van der Waals surface area contributed by atoms with Crippen LogP contribution in [0.15, 0.2) is 51.7 Å². The standard InChI is InChI=1S/C20H19BrN4O3/c1-12-10-13(21)8-9-16(12)22-17(26)11-24(2)20(28)18-14-6-4-5-7-15(14)19(27)25(3)23-18/h4-10H,11H2,1-3H3,(H,22,26). The van der Waals surface area contributed by atoms with Gasteiger partial charge in [0.25, 0.3) is 11.5 Å². The quantitative estimate of drug-likeness (QED) is 0.672. The van der Waals surface area contributed by atoms with Crippen molar-refractivity contribution in [2.75, 3.05) is 18.9 Å². The van der Waals surface area contributed by atoms with E-state index in [0.29, 0.717) is 16.5 Å². The minimum absolute atomic E-state index is 0.132. The van der Waals surface area contributed by atoms with E-state index in [4.69, 9.17) is 0 Å². The number of aromatic nitrogens is 2. The Labute approximate surface area is 170 Å². The predicted octanol–water partition coefficient (Wildman–Crippen LogP) is 2.72. The number of carbonyl (C=O) groups excluding carboxylic acids is 2. The minimum Gasteiger partial charge on any atom is -0.331 e. The van der Waals surface area contributed by atoms with Crippen LogP contribution in [0.2, 0.25) is 0 Å². The molecule has 0 aliphatic heterocycles. The van der Waals surface area contributed by atoms with Crippen LogP contribution in [0, 0.1) is 6.92 Å². The van der Waals surface area contributed by atoms with E-state index in [-0.39, 0.29) is 23.7 Å². The first-order valence-corrected chi connectivity index (χ1v) is 9.34. The van der Waals surface area contributed by atoms with Gasteiger partial charge in [0.05, 0.1) is 11.9 Å². The highest BCUT2D eigenvalue weighted by molar-refractivity contribution is 9.10. The number of benzene rings is 2. The first-order valence-electron chi connectivity index (χ1n) is 8.55. The molecule has 0 spiro atoms. The third kappa shape index (κ3) is 3.96. The second-order valence-corrected chi connectivity index (χ2v) is 7.41. The Balaban J connectivity index is 1.81. The zero-order valence-electron chi connectivity index (χ0n) is 15.7. The normalized spacial score (nSPS) is 10.7. The Hall–Kier alpha value is -3.00. The lowest BCUT2D eigenvalue weighted by Crippen LogP contribution is -2.36. The molecule has 2 amide bonds. The Bertz CT molecular complexity index is 1140. The molecule has 28 heavy (non-hydrogen) atoms. The van der Waals surface area contributed by atoms with Crippen molar-refractivity contribution in [3.63, 3.8) is 0 Å². The Kier molecular flexibility index (Phi) is 5.60. The van der Waals surface area contributed by atoms with E-state index >= 15 is 0 Å². The Morgan fingerprint density at radius 1 is 1.18 bits per heavy atom. The van der Waals surface area contributed by atoms with Gasteiger partial charge in [-0.05, 0) is 36.8 Å². The molecule has 0 saturated carbocycles. The molecule has 3 aromatic rings. The molecule has 0 aliphatic carbocycles. The van der Waals surface area contributed by atoms with Gasteiger partial charge in [-0.3, -0.25) is 14.4 Å². The highest BCUT2D eigenvalue weighted by Gasteiger charge is 2.21. The third-order valence-corrected chi connectivity index (χ3v) is 4.84. The van der Waals surface area contributed by atoms with E-state index in [1.165, 1.54) is 19.0 Å². The van der Waals surface area contributed by atoms with Gasteiger partial charge in [0.1, 0.15) is 0 Å². The molecule has 0 bridgehead atoms. The number of rotatable bonds is 4. The molecule has 2 aromatic carbocycles. The third-order valence-electron chi connectivity index (χ3n) is 4.35. The lowest BCUT2D eigenvalue weighted by atomic mass is 10.1. The summed E-state index contributed by atoms with van der Waals surface area (Å²) in [5.74, 6) is -0.759. The van der Waals surface area contributed by atoms with E-state index in [0.717, 1.165) is 14.7 Å². The summed E-state index contributed by atoms with van der Waals surface area (Å²) < 4.78 is 2.05. The fourth-order valence-electron chi connectivity index (χ4n) is 2.88. The molecule has 1 heterocycles. The maximum absolute atomic E-state index is 12.9. The number of hydrogen-bond donors (Lipinski definition) is 1. The topological polar surface area (TPSA) is 84.3 Å². The number of anilines is 1. The van der Waals surface area contributed by atoms with Crippen LogP contribution in [0.5, 0.6) is 0 Å². The summed E-state index contributed by atoms with van der Waals surface area (Å²) in [7, 11) is 3.02. The molecule has 144 valence electrons. The number of carbonyl (C=O) groups is 2. The van der Waals surface area contributed by atoms with Gasteiger partial charge in [-0.1, -0.05) is 34.1 Å². The number of hydrogen-bond acceptors (Lipinski definition) is 4. The van der Waals surface area contributed by atoms with Crippen LogP contribution in [-0.2, 0) is 11.8 Å². The summed E-state index contributed by atoms with van der Waals surface area (Å²) in [5, 5.41) is 7.79. The van der Waals surface area contributed by atoms with Crippen LogP contribution in [0.1, 0.15) is 16.1 Å². The number of nitrogens with one attached hydrogen (secondary N) is 1. The largest absolute Gasteiger partial charge is 0.331 e. The second kappa shape index (κ2) is 7.93. The molecule has 0 aliphatic rings. The van der Waals surface area contributed by atoms with Crippen molar-refractivity contribution in [3.8, 4) is 0 Å². The number of fused-ring (bicyclic) bond motifs is 1. The predicted molar refractivity (Wildman–Crippen MR) is 111 cm³/mol. The van der Waals surface area contributed by atoms with E-state index in [2.05, 4.69) is 26.3 Å². The lowest BCUT2D eigenvalue weighted by molar-refractivity contribution is -0.116. The summed E-state index contributed by atoms with van der Waals surface area (Å²) in [5.41, 5.74) is 1.44. The average Bonchev–Trinajstić information content (AvgIpc) is 2.66. The van der Waals surface area contributed by atoms with Gasteiger partial charge in [0.15, 0.2) is 5.69 Å². The number of aryl methyl sites for hydroxylation is 2. The maximum atomic E-state index is 12.9. The molecule has 1 aromatic heterocycles. The van der Waals surface area contributed by atoms with Gasteiger partial charge < -0.3 is 10.2 Å². The van der Waals surface area contributed by atoms with Gasteiger partial charge in [-0.25, -0.2) is 4.68 Å². The molecule has 7 nitrogen and oxygen atoms in total. The monoisotopic (exact) mass is 442 g/mol. The Morgan fingerprint density at radius 2 is 1.86 bits per heavy atom. The van der Waals surface area contributed by atoms with Crippen molar-refractivity contribution in [2.45, 2.75) is 6.92 Å². The van der Waals surface area contributed by atoms with Gasteiger partial charge in [-0.15, -0.1) is 0 Å². The van der Waals surface area contributed by atoms with Crippen LogP contribution in [-0.4, -0.2) is 40.1 Å². The van der Waals surface area contributed by atoms with Gasteiger partial charge in [0, 0.05) is 29.6 Å². The summed E-state index contributed by atoms with van der Waals surface area (Å²) in [6, 6.07) is 12.3. The molecule has 0 radical (unpaired) electrons. The van der Waals surface area contributed by atoms with Crippen molar-refractivity contribution in [2.24, 2.45) is 7.05 Å². The smallest absolute Gasteiger partial charge is 0.275 e. The minimum atomic E-state index is -0.436. The lowest BCUT2D eigenvalue weighted by Gasteiger charge is -2.18. The van der Waals surface area contributed by atoms with E-state index in [1.807, 2.05) is 19.1 Å². The molecule has 0 saturated heterocycles. The van der Waals surface area contributed by atoms with Crippen molar-refractivity contribution >= 4 is 44.2 Å². The number of likely N-dealkylation sites (N-methyl/N-ethyl adjacent to an activating group) is 1. The summed E-state index contributed by atoms with van der Waals surface area (Å²) in [6.07, 6.45) is 0. The molecule has 0 unspecified atom stereocenters. The molecule has 0 atom stereocenters. The maximum Gasteiger partial charge on any atom is 0.275 e. The van der Waals surface area contributed by atoms with Crippen molar-refractivity contribution in [1.82, 2.24) is 14.7 Å². The molecular formula is C20H19BrN4O3. The van der Waals surface area contributed by atoms with E-state index in [1.54, 1.807) is 30.3 Å². The van der Waals surface area contributed by atoms with E-state index in [9.17, 15) is 14.4 Å². The zero-order valence-corrected chi connectivity index (χ0v) is 17.3. The van der Waals surface area contributed by atoms with Crippen LogP contribution < -0.4 is 10.9 Å². The number of halogens is 1. The van der Waals surface area contributed by atoms with Gasteiger partial charge in [-0.2, -0.15) is 5.10 Å². The highest BCUT2D eigenvalue weighted by atomic mass is 79.9. The van der Waals surface area contributed by atoms with Crippen molar-refractivity contribution in [1.29, 1.82) is 0 Å². The molecule has 8 heteroatoms. The first kappa shape index (κ1) is 19.8. The number of amides is 2. The summed E-state index contributed by atoms with van der Waals surface area (Å²) >= 11 is 3.38. The zero-order chi connectivity index (χ0) is 20.4. The average molecular weight is 443 g/mol. The highest BCUT2D eigenvalue weighted by Crippen LogP contribution is 2.20. The van der Waals surface area contributed by atoms with Crippen LogP contribution in [0.25, 0.3) is 10.8 Å². The summed E-state index contributed by atoms with van der Waals surface area (Å²) in [4.78, 5) is 38.8. The van der Waals surface area contributed by atoms with Crippen LogP contribution >= 0.6 is 15.9 Å². The summed E-state index contributed by atoms with van der Waals surface area (Å²) in [6.45, 7) is 1.74. The van der Waals surface area contributed by atoms with Gasteiger partial charge in [0.2, 0.25) is 5.91 Å². The van der Waals surface area contributed by atoms with E-state index < -0.39 is 5.91 Å². The molecule has 1 N–H and O–H groups in total. The SMILES string of the molecule is Cc1cc(Br)ccc1NC(=O)CN(C)C(=O)c1nn(C)c(=O)c2ccccc12. The first-order chi connectivity index (χ1) is 13.3. The van der Waals surface area contributed by atoms with Gasteiger partial charge >= 0.3 is 0 Å². The molecular weight excluding hydrogens is 424 g/mol. The molecule has 3 rings (SSSR count). The van der Waals surface area contributed by atoms with Crippen LogP contribution in [0.3, 0.4) is 0 Å². The molecule has 0 fully saturated rings.